The van der Waals surface area contributed by atoms with Crippen LogP contribution in [0.4, 0.5) is 0 Å². The molecule has 4 nitrogen and oxygen atoms in total. The van der Waals surface area contributed by atoms with Crippen LogP contribution in [-0.4, -0.2) is 15.0 Å². The van der Waals surface area contributed by atoms with E-state index in [2.05, 4.69) is 15.0 Å². The van der Waals surface area contributed by atoms with Crippen LogP contribution in [0.2, 0.25) is 0 Å². The molecule has 1 atom stereocenters. The minimum Gasteiger partial charge on any atom is -0.339 e. The topological polar surface area (TPSA) is 67.6 Å². The number of aromatic nitrogens is 3. The van der Waals surface area contributed by atoms with Crippen molar-refractivity contribution in [2.24, 2.45) is 5.73 Å². The molecule has 15 heavy (non-hydrogen) atoms. The van der Waals surface area contributed by atoms with Crippen LogP contribution in [-0.2, 0) is 0 Å². The first-order valence-corrected chi connectivity index (χ1v) is 5.46. The van der Waals surface area contributed by atoms with Gasteiger partial charge in [0.1, 0.15) is 0 Å². The van der Waals surface area contributed by atoms with Gasteiger partial charge in [-0.05, 0) is 19.1 Å². The Morgan fingerprint density at radius 2 is 2.27 bits per heavy atom. The van der Waals surface area contributed by atoms with Gasteiger partial charge in [-0.15, -0.1) is 0 Å². The average Bonchev–Trinajstić information content (AvgIpc) is 2.71. The summed E-state index contributed by atoms with van der Waals surface area (Å²) in [6, 6.07) is 3.92. The lowest BCUT2D eigenvalue weighted by molar-refractivity contribution is 0.777. The lowest BCUT2D eigenvalue weighted by Gasteiger charge is -2.04. The minimum atomic E-state index is -0.0207. The molecule has 0 aliphatic heterocycles. The third kappa shape index (κ3) is 2.57. The molecule has 0 aliphatic carbocycles. The van der Waals surface area contributed by atoms with E-state index in [0.29, 0.717) is 0 Å². The van der Waals surface area contributed by atoms with Gasteiger partial charge >= 0.3 is 0 Å². The second-order valence-corrected chi connectivity index (χ2v) is 4.27. The highest BCUT2D eigenvalue weighted by Gasteiger charge is 2.02. The van der Waals surface area contributed by atoms with Gasteiger partial charge in [-0.25, -0.2) is 4.98 Å². The number of nitrogens with one attached hydrogen (secondary N) is 1. The molecule has 0 fully saturated rings. The van der Waals surface area contributed by atoms with Gasteiger partial charge in [0.15, 0.2) is 5.16 Å². The van der Waals surface area contributed by atoms with Gasteiger partial charge in [-0.2, -0.15) is 0 Å². The number of nitrogens with two attached hydrogens (primary N) is 1. The number of nitrogens with zero attached hydrogens (tertiary/aromatic N) is 2. The second-order valence-electron chi connectivity index (χ2n) is 3.20. The molecule has 5 heteroatoms. The lowest BCUT2D eigenvalue weighted by atomic mass is 10.2. The van der Waals surface area contributed by atoms with Crippen LogP contribution in [0.1, 0.15) is 18.7 Å². The third-order valence-corrected chi connectivity index (χ3v) is 2.81. The molecule has 2 aromatic rings. The van der Waals surface area contributed by atoms with Gasteiger partial charge in [-0.3, -0.25) is 4.98 Å². The standard InChI is InChI=1S/C10H12N4S/c1-7(11)9-3-2-8(6-14-9)15-10-12-4-5-13-10/h2-7H,11H2,1H3,(H,12,13)/t7-/m0/s1. The van der Waals surface area contributed by atoms with Crippen molar-refractivity contribution < 1.29 is 0 Å². The Morgan fingerprint density at radius 1 is 1.40 bits per heavy atom. The first-order valence-electron chi connectivity index (χ1n) is 4.64. The highest BCUT2D eigenvalue weighted by Crippen LogP contribution is 2.23. The maximum atomic E-state index is 5.71. The average molecular weight is 220 g/mol. The second kappa shape index (κ2) is 4.46. The number of pyridine rings is 1. The molecule has 3 N–H and O–H groups in total. The van der Waals surface area contributed by atoms with E-state index < -0.39 is 0 Å². The Balaban J connectivity index is 2.11. The summed E-state index contributed by atoms with van der Waals surface area (Å²) in [5, 5.41) is 0.866. The summed E-state index contributed by atoms with van der Waals surface area (Å²) in [6.07, 6.45) is 5.34. The fraction of sp³-hybridized carbons (Fsp3) is 0.200. The summed E-state index contributed by atoms with van der Waals surface area (Å²) < 4.78 is 0. The van der Waals surface area contributed by atoms with E-state index in [4.69, 9.17) is 5.73 Å². The quantitative estimate of drug-likeness (QED) is 0.830. The monoisotopic (exact) mass is 220 g/mol. The highest BCUT2D eigenvalue weighted by molar-refractivity contribution is 7.99. The van der Waals surface area contributed by atoms with E-state index in [1.165, 1.54) is 0 Å². The molecule has 0 unspecified atom stereocenters. The normalized spacial score (nSPS) is 12.7. The lowest BCUT2D eigenvalue weighted by Crippen LogP contribution is -2.06. The summed E-state index contributed by atoms with van der Waals surface area (Å²) in [4.78, 5) is 12.5. The molecule has 0 amide bonds. The molecule has 0 bridgehead atoms. The number of aromatic amines is 1. The van der Waals surface area contributed by atoms with Crippen LogP contribution >= 0.6 is 11.8 Å². The smallest absolute Gasteiger partial charge is 0.170 e. The Kier molecular flexibility index (Phi) is 3.03. The van der Waals surface area contributed by atoms with Crippen LogP contribution in [0.25, 0.3) is 0 Å². The summed E-state index contributed by atoms with van der Waals surface area (Å²) in [5.41, 5.74) is 6.61. The van der Waals surface area contributed by atoms with Crippen LogP contribution in [0.3, 0.4) is 0 Å². The fourth-order valence-electron chi connectivity index (χ4n) is 1.14. The predicted molar refractivity (Wildman–Crippen MR) is 59.6 cm³/mol. The van der Waals surface area contributed by atoms with E-state index in [-0.39, 0.29) is 6.04 Å². The number of H-pyrrole nitrogens is 1. The van der Waals surface area contributed by atoms with Crippen molar-refractivity contribution in [2.75, 3.05) is 0 Å². The van der Waals surface area contributed by atoms with Crippen molar-refractivity contribution in [3.63, 3.8) is 0 Å². The number of imidazole rings is 1. The van der Waals surface area contributed by atoms with E-state index in [0.717, 1.165) is 15.7 Å². The van der Waals surface area contributed by atoms with Crippen LogP contribution < -0.4 is 5.73 Å². The molecule has 2 rings (SSSR count). The van der Waals surface area contributed by atoms with Crippen molar-refractivity contribution in [3.05, 3.63) is 36.4 Å². The minimum absolute atomic E-state index is 0.0207. The first kappa shape index (κ1) is 10.2. The molecular formula is C10H12N4S. The molecule has 0 aliphatic rings. The third-order valence-electron chi connectivity index (χ3n) is 1.91. The Labute approximate surface area is 92.3 Å². The van der Waals surface area contributed by atoms with Gasteiger partial charge in [-0.1, -0.05) is 11.8 Å². The SMILES string of the molecule is C[C@H](N)c1ccc(Sc2ncc[nH]2)cn1. The van der Waals surface area contributed by atoms with Gasteiger partial charge in [0.05, 0.1) is 5.69 Å². The Hall–Kier alpha value is -1.33. The number of hydrogen-bond acceptors (Lipinski definition) is 4. The van der Waals surface area contributed by atoms with Gasteiger partial charge in [0.25, 0.3) is 0 Å². The van der Waals surface area contributed by atoms with E-state index >= 15 is 0 Å². The molecule has 78 valence electrons. The molecular weight excluding hydrogens is 208 g/mol. The van der Waals surface area contributed by atoms with E-state index in [1.54, 1.807) is 24.2 Å². The molecule has 0 radical (unpaired) electrons. The van der Waals surface area contributed by atoms with Crippen molar-refractivity contribution in [1.82, 2.24) is 15.0 Å². The highest BCUT2D eigenvalue weighted by atomic mass is 32.2. The van der Waals surface area contributed by atoms with E-state index in [9.17, 15) is 0 Å². The first-order chi connectivity index (χ1) is 7.25. The van der Waals surface area contributed by atoms with Crippen molar-refractivity contribution in [3.8, 4) is 0 Å². The zero-order chi connectivity index (χ0) is 10.7. The van der Waals surface area contributed by atoms with Gasteiger partial charge < -0.3 is 10.7 Å². The van der Waals surface area contributed by atoms with Crippen molar-refractivity contribution in [2.45, 2.75) is 23.0 Å². The zero-order valence-electron chi connectivity index (χ0n) is 8.34. The fourth-order valence-corrected chi connectivity index (χ4v) is 1.84. The van der Waals surface area contributed by atoms with E-state index in [1.807, 2.05) is 25.3 Å². The summed E-state index contributed by atoms with van der Waals surface area (Å²) in [7, 11) is 0. The molecule has 0 spiro atoms. The van der Waals surface area contributed by atoms with Crippen molar-refractivity contribution in [1.29, 1.82) is 0 Å². The largest absolute Gasteiger partial charge is 0.339 e. The molecule has 2 aromatic heterocycles. The Morgan fingerprint density at radius 3 is 2.80 bits per heavy atom. The maximum Gasteiger partial charge on any atom is 0.170 e. The maximum absolute atomic E-state index is 5.71. The van der Waals surface area contributed by atoms with Crippen molar-refractivity contribution >= 4 is 11.8 Å². The molecule has 0 saturated carbocycles. The van der Waals surface area contributed by atoms with Crippen LogP contribution in [0.5, 0.6) is 0 Å². The zero-order valence-corrected chi connectivity index (χ0v) is 9.16. The molecule has 0 aromatic carbocycles. The van der Waals surface area contributed by atoms with Crippen LogP contribution in [0, 0.1) is 0 Å². The van der Waals surface area contributed by atoms with Crippen LogP contribution in [0.15, 0.2) is 40.8 Å². The predicted octanol–water partition coefficient (Wildman–Crippen LogP) is 1.98. The number of hydrogen-bond donors (Lipinski definition) is 2. The Bertz CT molecular complexity index is 407. The summed E-state index contributed by atoms with van der Waals surface area (Å²) >= 11 is 1.54. The van der Waals surface area contributed by atoms with Gasteiger partial charge in [0.2, 0.25) is 0 Å². The molecule has 2 heterocycles. The number of rotatable bonds is 3. The summed E-state index contributed by atoms with van der Waals surface area (Å²) in [5.74, 6) is 0. The summed E-state index contributed by atoms with van der Waals surface area (Å²) in [6.45, 7) is 1.92. The molecule has 0 saturated heterocycles. The van der Waals surface area contributed by atoms with Gasteiger partial charge in [0, 0.05) is 29.5 Å².